The first-order valence-corrected chi connectivity index (χ1v) is 13.5. The molecule has 1 aromatic heterocycles. The zero-order chi connectivity index (χ0) is 23.4. The van der Waals surface area contributed by atoms with Crippen molar-refractivity contribution < 1.29 is 17.9 Å². The maximum atomic E-state index is 13.5. The van der Waals surface area contributed by atoms with Crippen molar-refractivity contribution >= 4 is 42.6 Å². The van der Waals surface area contributed by atoms with Crippen molar-refractivity contribution in [1.82, 2.24) is 9.29 Å². The fourth-order valence-corrected chi connectivity index (χ4v) is 6.00. The second-order valence-corrected chi connectivity index (χ2v) is 11.3. The number of rotatable bonds is 9. The number of amides is 1. The highest BCUT2D eigenvalue weighted by Gasteiger charge is 2.28. The number of anilines is 1. The third-order valence-corrected chi connectivity index (χ3v) is 8.74. The van der Waals surface area contributed by atoms with Gasteiger partial charge in [0.05, 0.1) is 27.8 Å². The Kier molecular flexibility index (Phi) is 7.43. The quantitative estimate of drug-likeness (QED) is 0.443. The van der Waals surface area contributed by atoms with Crippen LogP contribution in [0.25, 0.3) is 10.2 Å². The van der Waals surface area contributed by atoms with Crippen molar-refractivity contribution in [1.29, 1.82) is 0 Å². The summed E-state index contributed by atoms with van der Waals surface area (Å²) in [5.41, 5.74) is 1.27. The van der Waals surface area contributed by atoms with Gasteiger partial charge in [0.25, 0.3) is 5.91 Å². The summed E-state index contributed by atoms with van der Waals surface area (Å²) in [4.78, 5) is 20.0. The first-order chi connectivity index (χ1) is 15.9. The number of fused-ring (bicyclic) bond motifs is 1. The highest BCUT2D eigenvalue weighted by molar-refractivity contribution is 7.89. The molecule has 1 atom stereocenters. The van der Waals surface area contributed by atoms with Crippen LogP contribution < -0.4 is 4.90 Å². The van der Waals surface area contributed by atoms with E-state index >= 15 is 0 Å². The molecule has 1 fully saturated rings. The minimum atomic E-state index is -3.58. The summed E-state index contributed by atoms with van der Waals surface area (Å²) >= 11 is 1.47. The molecule has 1 aliphatic rings. The number of carbonyl (C=O) groups is 1. The Bertz CT molecular complexity index is 1170. The van der Waals surface area contributed by atoms with Crippen molar-refractivity contribution in [3.05, 3.63) is 54.1 Å². The summed E-state index contributed by atoms with van der Waals surface area (Å²) < 4.78 is 33.8. The standard InChI is InChI=1S/C24H29N3O4S2/c1-3-4-15-26(2)33(29,30)20-13-11-18(12-14-20)23(28)27(17-19-8-7-16-31-19)24-25-21-9-5-6-10-22(21)32-24/h5-6,9-14,19H,3-4,7-8,15-17H2,1-2H3. The van der Waals surface area contributed by atoms with E-state index < -0.39 is 10.0 Å². The van der Waals surface area contributed by atoms with E-state index in [-0.39, 0.29) is 16.9 Å². The lowest BCUT2D eigenvalue weighted by Crippen LogP contribution is -2.37. The van der Waals surface area contributed by atoms with Gasteiger partial charge in [0.1, 0.15) is 0 Å². The smallest absolute Gasteiger partial charge is 0.260 e. The zero-order valence-corrected chi connectivity index (χ0v) is 20.6. The Morgan fingerprint density at radius 2 is 1.94 bits per heavy atom. The molecular weight excluding hydrogens is 458 g/mol. The van der Waals surface area contributed by atoms with Gasteiger partial charge in [0, 0.05) is 25.8 Å². The number of benzene rings is 2. The molecule has 2 heterocycles. The first-order valence-electron chi connectivity index (χ1n) is 11.3. The molecule has 2 aromatic carbocycles. The summed E-state index contributed by atoms with van der Waals surface area (Å²) in [6.07, 6.45) is 3.56. The van der Waals surface area contributed by atoms with Crippen LogP contribution in [0, 0.1) is 0 Å². The lowest BCUT2D eigenvalue weighted by Gasteiger charge is -2.23. The molecule has 1 saturated heterocycles. The minimum absolute atomic E-state index is 0.0344. The van der Waals surface area contributed by atoms with Crippen LogP contribution in [0.15, 0.2) is 53.4 Å². The van der Waals surface area contributed by atoms with E-state index in [4.69, 9.17) is 4.74 Å². The molecule has 3 aromatic rings. The van der Waals surface area contributed by atoms with Gasteiger partial charge in [-0.1, -0.05) is 36.8 Å². The van der Waals surface area contributed by atoms with Gasteiger partial charge < -0.3 is 4.74 Å². The van der Waals surface area contributed by atoms with Gasteiger partial charge in [-0.05, 0) is 55.7 Å². The molecule has 176 valence electrons. The van der Waals surface area contributed by atoms with Crippen LogP contribution in [0.2, 0.25) is 0 Å². The molecule has 4 rings (SSSR count). The monoisotopic (exact) mass is 487 g/mol. The van der Waals surface area contributed by atoms with Crippen molar-refractivity contribution in [2.75, 3.05) is 31.6 Å². The number of ether oxygens (including phenoxy) is 1. The van der Waals surface area contributed by atoms with Crippen LogP contribution in [0.1, 0.15) is 43.0 Å². The molecule has 0 aliphatic carbocycles. The number of sulfonamides is 1. The molecule has 0 saturated carbocycles. The summed E-state index contributed by atoms with van der Waals surface area (Å²) in [6, 6.07) is 14.0. The predicted octanol–water partition coefficient (Wildman–Crippen LogP) is 4.54. The number of carbonyl (C=O) groups excluding carboxylic acids is 1. The van der Waals surface area contributed by atoms with E-state index in [0.29, 0.717) is 30.4 Å². The Labute approximate surface area is 199 Å². The molecule has 0 bridgehead atoms. The van der Waals surface area contributed by atoms with Crippen LogP contribution in [-0.2, 0) is 14.8 Å². The summed E-state index contributed by atoms with van der Waals surface area (Å²) in [5.74, 6) is -0.215. The Morgan fingerprint density at radius 1 is 1.18 bits per heavy atom. The highest BCUT2D eigenvalue weighted by atomic mass is 32.2. The molecule has 33 heavy (non-hydrogen) atoms. The number of unbranched alkanes of at least 4 members (excludes halogenated alkanes) is 1. The topological polar surface area (TPSA) is 79.8 Å². The largest absolute Gasteiger partial charge is 0.376 e. The van der Waals surface area contributed by atoms with Gasteiger partial charge in [-0.15, -0.1) is 0 Å². The number of hydrogen-bond acceptors (Lipinski definition) is 6. The molecule has 0 N–H and O–H groups in total. The number of nitrogens with zero attached hydrogens (tertiary/aromatic N) is 3. The summed E-state index contributed by atoms with van der Waals surface area (Å²) in [6.45, 7) is 3.60. The van der Waals surface area contributed by atoms with E-state index in [9.17, 15) is 13.2 Å². The first kappa shape index (κ1) is 23.8. The third-order valence-electron chi connectivity index (χ3n) is 5.80. The molecule has 1 unspecified atom stereocenters. The fraction of sp³-hybridized carbons (Fsp3) is 0.417. The van der Waals surface area contributed by atoms with Gasteiger partial charge in [-0.2, -0.15) is 0 Å². The van der Waals surface area contributed by atoms with E-state index in [1.807, 2.05) is 31.2 Å². The minimum Gasteiger partial charge on any atom is -0.376 e. The van der Waals surface area contributed by atoms with Crippen molar-refractivity contribution in [2.24, 2.45) is 0 Å². The van der Waals surface area contributed by atoms with Gasteiger partial charge in [0.15, 0.2) is 5.13 Å². The molecule has 9 heteroatoms. The number of thiazole rings is 1. The van der Waals surface area contributed by atoms with Crippen LogP contribution in [0.5, 0.6) is 0 Å². The fourth-order valence-electron chi connectivity index (χ4n) is 3.82. The van der Waals surface area contributed by atoms with Crippen LogP contribution >= 0.6 is 11.3 Å². The highest BCUT2D eigenvalue weighted by Crippen LogP contribution is 2.31. The van der Waals surface area contributed by atoms with E-state index in [1.165, 1.54) is 27.8 Å². The lowest BCUT2D eigenvalue weighted by atomic mass is 10.2. The number of aromatic nitrogens is 1. The Morgan fingerprint density at radius 3 is 2.61 bits per heavy atom. The summed E-state index contributed by atoms with van der Waals surface area (Å²) in [5, 5.41) is 0.618. The van der Waals surface area contributed by atoms with Gasteiger partial charge in [-0.25, -0.2) is 17.7 Å². The van der Waals surface area contributed by atoms with Crippen LogP contribution in [-0.4, -0.2) is 56.5 Å². The Hall–Kier alpha value is -2.33. The maximum absolute atomic E-state index is 13.5. The second-order valence-electron chi connectivity index (χ2n) is 8.22. The van der Waals surface area contributed by atoms with Gasteiger partial charge >= 0.3 is 0 Å². The molecule has 1 aliphatic heterocycles. The molecule has 0 spiro atoms. The average Bonchev–Trinajstić information content (AvgIpc) is 3.50. The normalized spacial score (nSPS) is 16.5. The SMILES string of the molecule is CCCCN(C)S(=O)(=O)c1ccc(C(=O)N(CC2CCCO2)c2nc3ccccc3s2)cc1. The average molecular weight is 488 g/mol. The second kappa shape index (κ2) is 10.3. The molecule has 7 nitrogen and oxygen atoms in total. The van der Waals surface area contributed by atoms with Gasteiger partial charge in [0.2, 0.25) is 10.0 Å². The van der Waals surface area contributed by atoms with E-state index in [0.717, 1.165) is 35.9 Å². The van der Waals surface area contributed by atoms with Crippen molar-refractivity contribution in [2.45, 2.75) is 43.6 Å². The van der Waals surface area contributed by atoms with Crippen molar-refractivity contribution in [3.8, 4) is 0 Å². The molecular formula is C24H29N3O4S2. The van der Waals surface area contributed by atoms with Crippen LogP contribution in [0.3, 0.4) is 0 Å². The predicted molar refractivity (Wildman–Crippen MR) is 131 cm³/mol. The Balaban J connectivity index is 1.60. The zero-order valence-electron chi connectivity index (χ0n) is 18.9. The molecule has 0 radical (unpaired) electrons. The number of para-hydroxylation sites is 1. The number of hydrogen-bond donors (Lipinski definition) is 0. The van der Waals surface area contributed by atoms with Gasteiger partial charge in [-0.3, -0.25) is 9.69 Å². The maximum Gasteiger partial charge on any atom is 0.260 e. The van der Waals surface area contributed by atoms with Crippen LogP contribution in [0.4, 0.5) is 5.13 Å². The van der Waals surface area contributed by atoms with Crippen molar-refractivity contribution in [3.63, 3.8) is 0 Å². The summed E-state index contributed by atoms with van der Waals surface area (Å²) in [7, 11) is -2.00. The lowest BCUT2D eigenvalue weighted by molar-refractivity contribution is 0.0917. The van der Waals surface area contributed by atoms with E-state index in [2.05, 4.69) is 4.98 Å². The van der Waals surface area contributed by atoms with E-state index in [1.54, 1.807) is 24.1 Å². The third kappa shape index (κ3) is 5.27. The molecule has 1 amide bonds.